The van der Waals surface area contributed by atoms with E-state index in [1.807, 2.05) is 15.0 Å². The Kier molecular flexibility index (Phi) is 29.5. The van der Waals surface area contributed by atoms with Crippen molar-refractivity contribution in [3.63, 3.8) is 0 Å². The van der Waals surface area contributed by atoms with Crippen LogP contribution in [-0.2, 0) is 116 Å². The van der Waals surface area contributed by atoms with E-state index in [1.54, 1.807) is 60.7 Å². The SMILES string of the molecule is O=C(CCn1c(=O)[nH]c(=O)n(CCC(=O)OCC(O)Cn2c(=O)n(CC(O)COC(=O)CCn3c(=O)[nH]c(=O)n(CCC(=O)OCC(O)c4ccccc4)c3=O)c(=O)n(CC(O)COC(=O)CCn3c(=O)[nH]c(=O)n(CCC(=O)OCC(O)c4ccccc4)c3=O)c2=O)c1=O)OCC(O)CCl. The van der Waals surface area contributed by atoms with E-state index in [4.69, 9.17) is 40.0 Å². The highest BCUT2D eigenvalue weighted by Gasteiger charge is 2.26. The molecule has 4 heterocycles. The lowest BCUT2D eigenvalue weighted by Gasteiger charge is -2.19. The van der Waals surface area contributed by atoms with Crippen LogP contribution in [0.25, 0.3) is 0 Å². The van der Waals surface area contributed by atoms with Crippen LogP contribution in [0.4, 0.5) is 0 Å². The summed E-state index contributed by atoms with van der Waals surface area (Å²) >= 11 is 5.46. The van der Waals surface area contributed by atoms with E-state index < -0.39 is 278 Å². The second kappa shape index (κ2) is 37.8. The molecule has 43 heteroatoms. The molecule has 0 aliphatic heterocycles. The third-order valence-electron chi connectivity index (χ3n) is 14.4. The van der Waals surface area contributed by atoms with E-state index in [0.29, 0.717) is 38.5 Å². The summed E-state index contributed by atoms with van der Waals surface area (Å²) in [6, 6.07) is 16.2. The lowest BCUT2D eigenvalue weighted by atomic mass is 10.1. The summed E-state index contributed by atoms with van der Waals surface area (Å²) in [7, 11) is 0. The smallest absolute Gasteiger partial charge is 0.336 e. The van der Waals surface area contributed by atoms with Gasteiger partial charge in [-0.05, 0) is 11.1 Å². The van der Waals surface area contributed by atoms with Crippen LogP contribution in [0.1, 0.15) is 61.9 Å². The highest BCUT2D eigenvalue weighted by atomic mass is 35.5. The Morgan fingerprint density at radius 2 is 0.505 bits per heavy atom. The predicted molar refractivity (Wildman–Crippen MR) is 337 cm³/mol. The minimum atomic E-state index is -2.06. The number of alkyl halides is 1. The Balaban J connectivity index is 1.11. The molecule has 0 aliphatic carbocycles. The summed E-state index contributed by atoms with van der Waals surface area (Å²) in [6.45, 7) is -12.4. The van der Waals surface area contributed by atoms with Crippen molar-refractivity contribution in [2.45, 2.75) is 134 Å². The number of hydrogen-bond acceptors (Lipinski definition) is 30. The maximum absolute atomic E-state index is 13.9. The van der Waals surface area contributed by atoms with Crippen molar-refractivity contribution in [3.8, 4) is 0 Å². The molecule has 101 heavy (non-hydrogen) atoms. The van der Waals surface area contributed by atoms with Gasteiger partial charge in [-0.15, -0.1) is 11.6 Å². The first-order chi connectivity index (χ1) is 48.0. The van der Waals surface area contributed by atoms with Gasteiger partial charge in [0.1, 0.15) is 76.3 Å². The lowest BCUT2D eigenvalue weighted by Crippen LogP contribution is -2.57. The lowest BCUT2D eigenvalue weighted by molar-refractivity contribution is -0.148. The number of halogens is 1. The molecular formula is C58H69ClN12O30. The number of H-pyrrole nitrogens is 3. The molecule has 0 saturated heterocycles. The van der Waals surface area contributed by atoms with Crippen molar-refractivity contribution < 1.29 is 87.8 Å². The number of aromatic nitrogens is 12. The van der Waals surface area contributed by atoms with Crippen molar-refractivity contribution in [1.29, 1.82) is 0 Å². The molecule has 6 atom stereocenters. The number of benzene rings is 2. The molecule has 0 amide bonds. The maximum atomic E-state index is 13.9. The van der Waals surface area contributed by atoms with Gasteiger partial charge in [-0.25, -0.2) is 98.6 Å². The van der Waals surface area contributed by atoms with Gasteiger partial charge in [-0.2, -0.15) is 0 Å². The van der Waals surface area contributed by atoms with E-state index in [2.05, 4.69) is 0 Å². The minimum absolute atomic E-state index is 0.150. The fraction of sp³-hybridized carbons (Fsp3) is 0.483. The molecule has 0 bridgehead atoms. The molecule has 0 saturated carbocycles. The average molecular weight is 1450 g/mol. The van der Waals surface area contributed by atoms with E-state index in [-0.39, 0.29) is 19.6 Å². The molecule has 9 N–H and O–H groups in total. The van der Waals surface area contributed by atoms with Crippen molar-refractivity contribution >= 4 is 47.4 Å². The van der Waals surface area contributed by atoms with Crippen LogP contribution < -0.4 is 68.3 Å². The predicted octanol–water partition coefficient (Wildman–Crippen LogP) is -8.94. The second-order valence-electron chi connectivity index (χ2n) is 21.9. The quantitative estimate of drug-likeness (QED) is 0.00983. The topological polar surface area (TPSA) is 576 Å². The van der Waals surface area contributed by atoms with Crippen LogP contribution >= 0.6 is 11.6 Å². The van der Waals surface area contributed by atoms with Crippen LogP contribution in [0.2, 0.25) is 0 Å². The first-order valence-electron chi connectivity index (χ1n) is 30.4. The van der Waals surface area contributed by atoms with Gasteiger partial charge in [0.15, 0.2) is 0 Å². The molecule has 4 aromatic heterocycles. The number of esters is 6. The van der Waals surface area contributed by atoms with E-state index in [1.165, 1.54) is 0 Å². The summed E-state index contributed by atoms with van der Waals surface area (Å²) in [5.74, 6) is -6.86. The number of carbonyl (C=O) groups is 6. The average Bonchev–Trinajstić information content (AvgIpc) is 0.780. The Morgan fingerprint density at radius 3 is 0.723 bits per heavy atom. The van der Waals surface area contributed by atoms with Gasteiger partial charge in [0.05, 0.1) is 64.0 Å². The molecule has 6 unspecified atom stereocenters. The highest BCUT2D eigenvalue weighted by Crippen LogP contribution is 2.14. The Labute approximate surface area is 566 Å². The molecule has 0 fully saturated rings. The number of aliphatic hydroxyl groups is 6. The van der Waals surface area contributed by atoms with Crippen LogP contribution in [-0.4, -0.2) is 192 Å². The van der Waals surface area contributed by atoms with Crippen LogP contribution in [0.3, 0.4) is 0 Å². The number of aromatic amines is 3. The number of aliphatic hydroxyl groups excluding tert-OH is 6. The Bertz CT molecular complexity index is 4480. The monoisotopic (exact) mass is 1450 g/mol. The number of carbonyl (C=O) groups excluding carboxylic acids is 6. The third-order valence-corrected chi connectivity index (χ3v) is 14.8. The van der Waals surface area contributed by atoms with Crippen molar-refractivity contribution in [2.24, 2.45) is 0 Å². The van der Waals surface area contributed by atoms with Gasteiger partial charge >= 0.3 is 104 Å². The largest absolute Gasteiger partial charge is 0.463 e. The summed E-state index contributed by atoms with van der Waals surface area (Å²) < 4.78 is 32.8. The van der Waals surface area contributed by atoms with Crippen molar-refractivity contribution in [3.05, 3.63) is 198 Å². The number of nitrogens with one attached hydrogen (secondary N) is 3. The van der Waals surface area contributed by atoms with Crippen LogP contribution in [0.5, 0.6) is 0 Å². The van der Waals surface area contributed by atoms with Gasteiger partial charge in [0.2, 0.25) is 0 Å². The van der Waals surface area contributed by atoms with E-state index >= 15 is 0 Å². The summed E-state index contributed by atoms with van der Waals surface area (Å²) in [4.78, 5) is 238. The molecular weight excluding hydrogens is 1380 g/mol. The highest BCUT2D eigenvalue weighted by molar-refractivity contribution is 6.18. The Hall–Kier alpha value is -11.1. The second-order valence-corrected chi connectivity index (χ2v) is 22.2. The van der Waals surface area contributed by atoms with Crippen molar-refractivity contribution in [2.75, 3.05) is 45.5 Å². The first kappa shape index (κ1) is 78.9. The van der Waals surface area contributed by atoms with Crippen molar-refractivity contribution in [1.82, 2.24) is 56.1 Å². The van der Waals surface area contributed by atoms with E-state index in [9.17, 15) is 117 Å². The molecule has 6 aromatic rings. The summed E-state index contributed by atoms with van der Waals surface area (Å²) in [6.07, 6.45) is -14.0. The number of nitrogens with zero attached hydrogens (tertiary/aromatic N) is 9. The van der Waals surface area contributed by atoms with Gasteiger partial charge < -0.3 is 59.1 Å². The number of hydrogen-bond donors (Lipinski definition) is 9. The fourth-order valence-corrected chi connectivity index (χ4v) is 9.19. The molecule has 6 rings (SSSR count). The Morgan fingerprint density at radius 1 is 0.307 bits per heavy atom. The van der Waals surface area contributed by atoms with E-state index in [0.717, 1.165) is 0 Å². The molecule has 0 aliphatic rings. The van der Waals surface area contributed by atoms with Gasteiger partial charge in [-0.1, -0.05) is 60.7 Å². The van der Waals surface area contributed by atoms with Crippen LogP contribution in [0.15, 0.2) is 118 Å². The minimum Gasteiger partial charge on any atom is -0.463 e. The zero-order chi connectivity index (χ0) is 74.2. The normalized spacial score (nSPS) is 13.1. The van der Waals surface area contributed by atoms with Crippen LogP contribution in [0, 0.1) is 0 Å². The van der Waals surface area contributed by atoms with Gasteiger partial charge in [-0.3, -0.25) is 43.7 Å². The third kappa shape index (κ3) is 23.0. The molecule has 2 aromatic carbocycles. The standard InChI is InChI=1S/C58H69ClN12O30/c59-23-35(72)27-96-41(78)11-17-63-47(84)60-48(85)64(53(63)90)18-12-42(79)97-28-36(73)24-69-56(93)70(25-37(74)29-98-43(80)13-19-65-49(86)61-51(88)67(54(65)91)21-15-45(82)100-31-39(76)33-7-3-1-4-8-33)58(95)71(57(69)94)26-38(75)30-99-44(81)14-20-66-50(87)62-52(89)68(55(66)92)22-16-46(83)101-32-40(77)34-9-5-2-6-10-34/h1-10,35-40,72-77H,11-32H2,(H,60,84,85)(H,61,86,88)(H,62,87,89). The zero-order valence-corrected chi connectivity index (χ0v) is 53.9. The van der Waals surface area contributed by atoms with Gasteiger partial charge in [0, 0.05) is 39.3 Å². The molecule has 548 valence electrons. The zero-order valence-electron chi connectivity index (χ0n) is 53.2. The maximum Gasteiger partial charge on any atom is 0.336 e. The summed E-state index contributed by atoms with van der Waals surface area (Å²) in [5, 5.41) is 63.1. The number of rotatable bonds is 39. The number of ether oxygens (including phenoxy) is 6. The van der Waals surface area contributed by atoms with Gasteiger partial charge in [0.25, 0.3) is 0 Å². The molecule has 0 radical (unpaired) electrons. The molecule has 0 spiro atoms. The first-order valence-corrected chi connectivity index (χ1v) is 31.0. The fourth-order valence-electron chi connectivity index (χ4n) is 9.10. The molecule has 42 nitrogen and oxygen atoms in total. The summed E-state index contributed by atoms with van der Waals surface area (Å²) in [5.41, 5.74) is -15.4.